The molecule has 0 heterocycles. The van der Waals surface area contributed by atoms with Crippen molar-refractivity contribution >= 4 is 5.97 Å². The zero-order valence-electron chi connectivity index (χ0n) is 8.60. The fourth-order valence-corrected chi connectivity index (χ4v) is 0.539. The summed E-state index contributed by atoms with van der Waals surface area (Å²) >= 11 is 0. The maximum atomic E-state index is 11.4. The molecule has 0 rings (SSSR count). The SMILES string of the molecule is CC[C@](C)(N)C(=O)OC(C)(C)C. The normalized spacial score (nSPS) is 16.8. The molecule has 0 saturated carbocycles. The van der Waals surface area contributed by atoms with Gasteiger partial charge in [0, 0.05) is 0 Å². The Balaban J connectivity index is 4.23. The Bertz CT molecular complexity index is 168. The zero-order valence-corrected chi connectivity index (χ0v) is 8.60. The average Bonchev–Trinajstić information content (AvgIpc) is 1.84. The maximum absolute atomic E-state index is 11.4. The van der Waals surface area contributed by atoms with E-state index in [1.807, 2.05) is 27.7 Å². The molecule has 0 radical (unpaired) electrons. The van der Waals surface area contributed by atoms with Gasteiger partial charge in [0.25, 0.3) is 0 Å². The molecular formula is C9H19NO2. The smallest absolute Gasteiger partial charge is 0.326 e. The van der Waals surface area contributed by atoms with Gasteiger partial charge in [0.15, 0.2) is 0 Å². The summed E-state index contributed by atoms with van der Waals surface area (Å²) in [6.45, 7) is 9.04. The molecule has 0 aliphatic rings. The van der Waals surface area contributed by atoms with Crippen LogP contribution in [0.15, 0.2) is 0 Å². The van der Waals surface area contributed by atoms with Crippen molar-refractivity contribution in [3.05, 3.63) is 0 Å². The van der Waals surface area contributed by atoms with Crippen molar-refractivity contribution in [3.63, 3.8) is 0 Å². The second-order valence-electron chi connectivity index (χ2n) is 4.27. The quantitative estimate of drug-likeness (QED) is 0.643. The monoisotopic (exact) mass is 173 g/mol. The van der Waals surface area contributed by atoms with Crippen LogP contribution in [0.3, 0.4) is 0 Å². The first-order valence-electron chi connectivity index (χ1n) is 4.21. The highest BCUT2D eigenvalue weighted by atomic mass is 16.6. The Morgan fingerprint density at radius 3 is 2.00 bits per heavy atom. The topological polar surface area (TPSA) is 52.3 Å². The summed E-state index contributed by atoms with van der Waals surface area (Å²) in [5.41, 5.74) is 4.39. The minimum Gasteiger partial charge on any atom is -0.459 e. The van der Waals surface area contributed by atoms with E-state index in [0.29, 0.717) is 6.42 Å². The van der Waals surface area contributed by atoms with E-state index in [-0.39, 0.29) is 5.97 Å². The number of hydrogen-bond acceptors (Lipinski definition) is 3. The van der Waals surface area contributed by atoms with Crippen molar-refractivity contribution in [2.75, 3.05) is 0 Å². The van der Waals surface area contributed by atoms with Gasteiger partial charge in [-0.05, 0) is 34.1 Å². The van der Waals surface area contributed by atoms with Gasteiger partial charge in [0.05, 0.1) is 0 Å². The first-order valence-corrected chi connectivity index (χ1v) is 4.21. The van der Waals surface area contributed by atoms with E-state index in [0.717, 1.165) is 0 Å². The standard InChI is InChI=1S/C9H19NO2/c1-6-9(5,10)7(11)12-8(2,3)4/h6,10H2,1-5H3/t9-/m0/s1. The number of esters is 1. The minimum absolute atomic E-state index is 0.336. The molecule has 0 aromatic carbocycles. The molecule has 0 fully saturated rings. The molecule has 0 unspecified atom stereocenters. The van der Waals surface area contributed by atoms with Crippen molar-refractivity contribution < 1.29 is 9.53 Å². The number of carbonyl (C=O) groups excluding carboxylic acids is 1. The van der Waals surface area contributed by atoms with E-state index >= 15 is 0 Å². The van der Waals surface area contributed by atoms with Gasteiger partial charge < -0.3 is 10.5 Å². The molecule has 0 aromatic heterocycles. The molecule has 2 N–H and O–H groups in total. The maximum Gasteiger partial charge on any atom is 0.326 e. The summed E-state index contributed by atoms with van der Waals surface area (Å²) in [7, 11) is 0. The predicted molar refractivity (Wildman–Crippen MR) is 48.7 cm³/mol. The van der Waals surface area contributed by atoms with E-state index in [9.17, 15) is 4.79 Å². The first kappa shape index (κ1) is 11.4. The van der Waals surface area contributed by atoms with Gasteiger partial charge in [-0.3, -0.25) is 4.79 Å². The van der Waals surface area contributed by atoms with Crippen LogP contribution >= 0.6 is 0 Å². The lowest BCUT2D eigenvalue weighted by molar-refractivity contribution is -0.161. The van der Waals surface area contributed by atoms with Gasteiger partial charge in [-0.15, -0.1) is 0 Å². The van der Waals surface area contributed by atoms with Crippen LogP contribution in [-0.4, -0.2) is 17.1 Å². The average molecular weight is 173 g/mol. The third-order valence-electron chi connectivity index (χ3n) is 1.60. The third-order valence-corrected chi connectivity index (χ3v) is 1.60. The second-order valence-corrected chi connectivity index (χ2v) is 4.27. The molecule has 1 atom stereocenters. The zero-order chi connectivity index (χ0) is 9.99. The van der Waals surface area contributed by atoms with Crippen LogP contribution in [0.4, 0.5) is 0 Å². The van der Waals surface area contributed by atoms with E-state index < -0.39 is 11.1 Å². The highest BCUT2D eigenvalue weighted by Crippen LogP contribution is 2.14. The molecule has 0 saturated heterocycles. The lowest BCUT2D eigenvalue weighted by atomic mass is 10.0. The van der Waals surface area contributed by atoms with E-state index in [2.05, 4.69) is 0 Å². The van der Waals surface area contributed by atoms with Crippen molar-refractivity contribution in [2.24, 2.45) is 5.73 Å². The minimum atomic E-state index is -0.854. The van der Waals surface area contributed by atoms with Crippen LogP contribution < -0.4 is 5.73 Å². The van der Waals surface area contributed by atoms with Gasteiger partial charge in [-0.1, -0.05) is 6.92 Å². The van der Waals surface area contributed by atoms with E-state index in [1.165, 1.54) is 0 Å². The van der Waals surface area contributed by atoms with Gasteiger partial charge in [-0.2, -0.15) is 0 Å². The summed E-state index contributed by atoms with van der Waals surface area (Å²) in [5, 5.41) is 0. The molecule has 3 nitrogen and oxygen atoms in total. The third kappa shape index (κ3) is 3.72. The molecule has 0 amide bonds. The van der Waals surface area contributed by atoms with Crippen molar-refractivity contribution in [1.82, 2.24) is 0 Å². The van der Waals surface area contributed by atoms with Gasteiger partial charge in [0.2, 0.25) is 0 Å². The Labute approximate surface area is 74.3 Å². The van der Waals surface area contributed by atoms with Crippen LogP contribution in [0.1, 0.15) is 41.0 Å². The van der Waals surface area contributed by atoms with E-state index in [1.54, 1.807) is 6.92 Å². The van der Waals surface area contributed by atoms with Gasteiger partial charge in [-0.25, -0.2) is 0 Å². The Morgan fingerprint density at radius 1 is 1.33 bits per heavy atom. The van der Waals surface area contributed by atoms with Crippen molar-refractivity contribution in [2.45, 2.75) is 52.2 Å². The second kappa shape index (κ2) is 3.44. The van der Waals surface area contributed by atoms with Gasteiger partial charge in [0.1, 0.15) is 11.1 Å². The highest BCUT2D eigenvalue weighted by molar-refractivity contribution is 5.80. The lowest BCUT2D eigenvalue weighted by Gasteiger charge is -2.27. The number of hydrogen-bond donors (Lipinski definition) is 1. The molecule has 12 heavy (non-hydrogen) atoms. The van der Waals surface area contributed by atoms with Crippen LogP contribution in [0.5, 0.6) is 0 Å². The van der Waals surface area contributed by atoms with Gasteiger partial charge >= 0.3 is 5.97 Å². The number of ether oxygens (including phenoxy) is 1. The summed E-state index contributed by atoms with van der Waals surface area (Å²) in [4.78, 5) is 11.4. The molecule has 72 valence electrons. The van der Waals surface area contributed by atoms with Crippen molar-refractivity contribution in [1.29, 1.82) is 0 Å². The molecule has 0 bridgehead atoms. The summed E-state index contributed by atoms with van der Waals surface area (Å²) in [5.74, 6) is -0.336. The molecule has 3 heteroatoms. The Hall–Kier alpha value is -0.570. The summed E-state index contributed by atoms with van der Waals surface area (Å²) < 4.78 is 5.13. The van der Waals surface area contributed by atoms with Crippen LogP contribution in [0, 0.1) is 0 Å². The van der Waals surface area contributed by atoms with Crippen LogP contribution in [0.25, 0.3) is 0 Å². The predicted octanol–water partition coefficient (Wildman–Crippen LogP) is 1.46. The Morgan fingerprint density at radius 2 is 1.75 bits per heavy atom. The number of nitrogens with two attached hydrogens (primary N) is 1. The molecule has 0 spiro atoms. The molecular weight excluding hydrogens is 154 g/mol. The molecule has 0 aliphatic carbocycles. The van der Waals surface area contributed by atoms with E-state index in [4.69, 9.17) is 10.5 Å². The Kier molecular flexibility index (Phi) is 3.27. The first-order chi connectivity index (χ1) is 5.19. The highest BCUT2D eigenvalue weighted by Gasteiger charge is 2.31. The van der Waals surface area contributed by atoms with Crippen LogP contribution in [-0.2, 0) is 9.53 Å². The van der Waals surface area contributed by atoms with Crippen molar-refractivity contribution in [3.8, 4) is 0 Å². The largest absolute Gasteiger partial charge is 0.459 e. The lowest BCUT2D eigenvalue weighted by Crippen LogP contribution is -2.47. The number of carbonyl (C=O) groups is 1. The summed E-state index contributed by atoms with van der Waals surface area (Å²) in [6, 6.07) is 0. The van der Waals surface area contributed by atoms with Crippen LogP contribution in [0.2, 0.25) is 0 Å². The fraction of sp³-hybridized carbons (Fsp3) is 0.889. The summed E-state index contributed by atoms with van der Waals surface area (Å²) in [6.07, 6.45) is 0.585. The fourth-order valence-electron chi connectivity index (χ4n) is 0.539. The molecule has 0 aromatic rings. The molecule has 0 aliphatic heterocycles. The number of rotatable bonds is 2.